The molecule has 22 heavy (non-hydrogen) atoms. The Labute approximate surface area is 131 Å². The molecule has 2 aromatic rings. The largest absolute Gasteiger partial charge is 0.478 e. The van der Waals surface area contributed by atoms with E-state index >= 15 is 0 Å². The summed E-state index contributed by atoms with van der Waals surface area (Å²) in [6, 6.07) is 16.4. The fourth-order valence-electron chi connectivity index (χ4n) is 3.27. The number of hydrogen-bond donors (Lipinski definition) is 1. The first-order valence-electron chi connectivity index (χ1n) is 7.73. The molecule has 0 radical (unpaired) electrons. The van der Waals surface area contributed by atoms with Crippen molar-refractivity contribution in [1.82, 2.24) is 4.90 Å². The van der Waals surface area contributed by atoms with Crippen LogP contribution >= 0.6 is 0 Å². The maximum atomic E-state index is 11.1. The van der Waals surface area contributed by atoms with Gasteiger partial charge in [0, 0.05) is 12.6 Å². The Kier molecular flexibility index (Phi) is 4.25. The highest BCUT2D eigenvalue weighted by atomic mass is 16.4. The second-order valence-electron chi connectivity index (χ2n) is 6.09. The first-order chi connectivity index (χ1) is 10.6. The monoisotopic (exact) mass is 295 g/mol. The van der Waals surface area contributed by atoms with E-state index in [1.807, 2.05) is 12.1 Å². The molecule has 1 N–H and O–H groups in total. The smallest absolute Gasteiger partial charge is 0.335 e. The number of hydrogen-bond acceptors (Lipinski definition) is 2. The fourth-order valence-corrected chi connectivity index (χ4v) is 3.27. The molecule has 0 aliphatic heterocycles. The minimum atomic E-state index is -0.865. The van der Waals surface area contributed by atoms with Crippen molar-refractivity contribution in [2.45, 2.75) is 31.8 Å². The summed E-state index contributed by atoms with van der Waals surface area (Å²) in [6.45, 7) is 0.786. The van der Waals surface area contributed by atoms with E-state index in [-0.39, 0.29) is 0 Å². The van der Waals surface area contributed by atoms with Crippen molar-refractivity contribution in [2.24, 2.45) is 0 Å². The van der Waals surface area contributed by atoms with Crippen molar-refractivity contribution in [3.05, 3.63) is 70.8 Å². The molecule has 114 valence electrons. The SMILES string of the molecule is CN(Cc1cccc(C(=O)O)c1)C1CCc2ccccc2C1. The van der Waals surface area contributed by atoms with Crippen LogP contribution in [0, 0.1) is 0 Å². The molecule has 3 nitrogen and oxygen atoms in total. The number of carboxylic acids is 1. The van der Waals surface area contributed by atoms with E-state index in [4.69, 9.17) is 5.11 Å². The van der Waals surface area contributed by atoms with Crippen molar-refractivity contribution < 1.29 is 9.90 Å². The molecule has 0 fully saturated rings. The van der Waals surface area contributed by atoms with E-state index < -0.39 is 5.97 Å². The van der Waals surface area contributed by atoms with Gasteiger partial charge in [0.1, 0.15) is 0 Å². The van der Waals surface area contributed by atoms with Gasteiger partial charge in [-0.15, -0.1) is 0 Å². The maximum Gasteiger partial charge on any atom is 0.335 e. The highest BCUT2D eigenvalue weighted by Crippen LogP contribution is 2.24. The number of aromatic carboxylic acids is 1. The minimum absolute atomic E-state index is 0.361. The third kappa shape index (κ3) is 3.20. The quantitative estimate of drug-likeness (QED) is 0.940. The number of likely N-dealkylation sites (N-methyl/N-ethyl adjacent to an activating group) is 1. The number of rotatable bonds is 4. The zero-order chi connectivity index (χ0) is 15.5. The van der Waals surface area contributed by atoms with Crippen molar-refractivity contribution in [2.75, 3.05) is 7.05 Å². The lowest BCUT2D eigenvalue weighted by molar-refractivity contribution is 0.0696. The van der Waals surface area contributed by atoms with Gasteiger partial charge in [0.15, 0.2) is 0 Å². The van der Waals surface area contributed by atoms with Crippen LogP contribution in [0.3, 0.4) is 0 Å². The molecule has 0 saturated heterocycles. The Morgan fingerprint density at radius 2 is 1.95 bits per heavy atom. The van der Waals surface area contributed by atoms with Crippen LogP contribution in [0.2, 0.25) is 0 Å². The summed E-state index contributed by atoms with van der Waals surface area (Å²) in [4.78, 5) is 13.4. The van der Waals surface area contributed by atoms with Crippen molar-refractivity contribution >= 4 is 5.97 Å². The zero-order valence-electron chi connectivity index (χ0n) is 12.8. The van der Waals surface area contributed by atoms with Crippen LogP contribution in [-0.4, -0.2) is 29.1 Å². The lowest BCUT2D eigenvalue weighted by Crippen LogP contribution is -2.36. The van der Waals surface area contributed by atoms with E-state index in [9.17, 15) is 4.79 Å². The van der Waals surface area contributed by atoms with Crippen LogP contribution < -0.4 is 0 Å². The number of nitrogens with zero attached hydrogens (tertiary/aromatic N) is 1. The number of carboxylic acid groups (broad SMARTS) is 1. The molecule has 1 atom stereocenters. The lowest BCUT2D eigenvalue weighted by Gasteiger charge is -2.32. The predicted octanol–water partition coefficient (Wildman–Crippen LogP) is 3.37. The molecule has 0 heterocycles. The molecule has 1 aliphatic carbocycles. The molecule has 0 bridgehead atoms. The molecule has 0 spiro atoms. The van der Waals surface area contributed by atoms with Crippen LogP contribution in [-0.2, 0) is 19.4 Å². The molecular formula is C19H21NO2. The van der Waals surface area contributed by atoms with Crippen molar-refractivity contribution in [1.29, 1.82) is 0 Å². The Balaban J connectivity index is 1.69. The van der Waals surface area contributed by atoms with Gasteiger partial charge in [0.05, 0.1) is 5.56 Å². The van der Waals surface area contributed by atoms with Crippen LogP contribution in [0.25, 0.3) is 0 Å². The summed E-state index contributed by atoms with van der Waals surface area (Å²) in [7, 11) is 2.13. The van der Waals surface area contributed by atoms with Gasteiger partial charge in [0.2, 0.25) is 0 Å². The third-order valence-corrected chi connectivity index (χ3v) is 4.55. The summed E-state index contributed by atoms with van der Waals surface area (Å²) in [5, 5.41) is 9.09. The van der Waals surface area contributed by atoms with E-state index in [2.05, 4.69) is 36.2 Å². The Morgan fingerprint density at radius 1 is 1.18 bits per heavy atom. The topological polar surface area (TPSA) is 40.5 Å². The highest BCUT2D eigenvalue weighted by molar-refractivity contribution is 5.87. The van der Waals surface area contributed by atoms with Gasteiger partial charge >= 0.3 is 5.97 Å². The van der Waals surface area contributed by atoms with Crippen LogP contribution in [0.5, 0.6) is 0 Å². The summed E-state index contributed by atoms with van der Waals surface area (Å²) < 4.78 is 0. The first-order valence-corrected chi connectivity index (χ1v) is 7.73. The Hall–Kier alpha value is -2.13. The van der Waals surface area contributed by atoms with Crippen LogP contribution in [0.4, 0.5) is 0 Å². The normalized spacial score (nSPS) is 17.3. The molecule has 0 amide bonds. The van der Waals surface area contributed by atoms with E-state index in [0.29, 0.717) is 11.6 Å². The van der Waals surface area contributed by atoms with Gasteiger partial charge in [-0.3, -0.25) is 4.90 Å². The maximum absolute atomic E-state index is 11.1. The molecule has 0 aromatic heterocycles. The number of carbonyl (C=O) groups is 1. The third-order valence-electron chi connectivity index (χ3n) is 4.55. The summed E-state index contributed by atoms with van der Waals surface area (Å²) in [6.07, 6.45) is 3.36. The molecular weight excluding hydrogens is 274 g/mol. The predicted molar refractivity (Wildman–Crippen MR) is 87.1 cm³/mol. The first kappa shape index (κ1) is 14.8. The number of fused-ring (bicyclic) bond motifs is 1. The Bertz CT molecular complexity index is 681. The zero-order valence-corrected chi connectivity index (χ0v) is 12.8. The second kappa shape index (κ2) is 6.32. The van der Waals surface area contributed by atoms with Gasteiger partial charge in [-0.1, -0.05) is 36.4 Å². The number of benzene rings is 2. The molecule has 2 aromatic carbocycles. The molecule has 3 rings (SSSR count). The van der Waals surface area contributed by atoms with Gasteiger partial charge in [-0.05, 0) is 55.1 Å². The van der Waals surface area contributed by atoms with Crippen molar-refractivity contribution in [3.8, 4) is 0 Å². The standard InChI is InChI=1S/C19H21NO2/c1-20(13-14-5-4-8-17(11-14)19(21)22)18-10-9-15-6-2-3-7-16(15)12-18/h2-8,11,18H,9-10,12-13H2,1H3,(H,21,22). The molecule has 1 unspecified atom stereocenters. The summed E-state index contributed by atoms with van der Waals surface area (Å²) in [5.41, 5.74) is 4.34. The van der Waals surface area contributed by atoms with E-state index in [0.717, 1.165) is 31.4 Å². The average molecular weight is 295 g/mol. The van der Waals surface area contributed by atoms with Crippen molar-refractivity contribution in [3.63, 3.8) is 0 Å². The van der Waals surface area contributed by atoms with E-state index in [1.165, 1.54) is 11.1 Å². The van der Waals surface area contributed by atoms with Crippen LogP contribution in [0.1, 0.15) is 33.5 Å². The average Bonchev–Trinajstić information content (AvgIpc) is 2.54. The van der Waals surface area contributed by atoms with Gasteiger partial charge < -0.3 is 5.11 Å². The fraction of sp³-hybridized carbons (Fsp3) is 0.316. The summed E-state index contributed by atoms with van der Waals surface area (Å²) >= 11 is 0. The summed E-state index contributed by atoms with van der Waals surface area (Å²) in [5.74, 6) is -0.865. The molecule has 1 aliphatic rings. The second-order valence-corrected chi connectivity index (χ2v) is 6.09. The van der Waals surface area contributed by atoms with Crippen LogP contribution in [0.15, 0.2) is 48.5 Å². The highest BCUT2D eigenvalue weighted by Gasteiger charge is 2.21. The minimum Gasteiger partial charge on any atom is -0.478 e. The van der Waals surface area contributed by atoms with Gasteiger partial charge in [0.25, 0.3) is 0 Å². The lowest BCUT2D eigenvalue weighted by atomic mass is 9.87. The molecule has 0 saturated carbocycles. The number of aryl methyl sites for hydroxylation is 1. The van der Waals surface area contributed by atoms with E-state index in [1.54, 1.807) is 12.1 Å². The van der Waals surface area contributed by atoms with Gasteiger partial charge in [-0.2, -0.15) is 0 Å². The molecule has 3 heteroatoms. The Morgan fingerprint density at radius 3 is 2.73 bits per heavy atom. The van der Waals surface area contributed by atoms with Gasteiger partial charge in [-0.25, -0.2) is 4.79 Å².